The molecule has 6 heteroatoms. The molecule has 20 heavy (non-hydrogen) atoms. The summed E-state index contributed by atoms with van der Waals surface area (Å²) in [5.41, 5.74) is 1.11. The van der Waals surface area contributed by atoms with Crippen molar-refractivity contribution in [2.24, 2.45) is 0 Å². The Morgan fingerprint density at radius 3 is 2.45 bits per heavy atom. The van der Waals surface area contributed by atoms with Crippen LogP contribution in [-0.2, 0) is 4.79 Å². The summed E-state index contributed by atoms with van der Waals surface area (Å²) in [6.07, 6.45) is 0. The Morgan fingerprint density at radius 2 is 1.80 bits per heavy atom. The number of carboxylic acid groups (broad SMARTS) is 1. The van der Waals surface area contributed by atoms with E-state index in [1.165, 1.54) is 6.07 Å². The van der Waals surface area contributed by atoms with Crippen LogP contribution in [0.15, 0.2) is 42.5 Å². The van der Waals surface area contributed by atoms with E-state index in [2.05, 4.69) is 10.3 Å². The van der Waals surface area contributed by atoms with Crippen molar-refractivity contribution in [3.8, 4) is 17.0 Å². The van der Waals surface area contributed by atoms with Gasteiger partial charge in [0.2, 0.25) is 0 Å². The Balaban J connectivity index is 2.30. The van der Waals surface area contributed by atoms with E-state index in [-0.39, 0.29) is 11.4 Å². The predicted octanol–water partition coefficient (Wildman–Crippen LogP) is 1.27. The summed E-state index contributed by atoms with van der Waals surface area (Å²) < 4.78 is 0. The number of nitrogens with zero attached hydrogens (tertiary/aromatic N) is 1. The van der Waals surface area contributed by atoms with Crippen molar-refractivity contribution >= 4 is 11.9 Å². The minimum atomic E-state index is -1.17. The molecule has 1 aromatic carbocycles. The molecule has 2 rings (SSSR count). The smallest absolute Gasteiger partial charge is 0.322 e. The Morgan fingerprint density at radius 1 is 1.10 bits per heavy atom. The zero-order valence-electron chi connectivity index (χ0n) is 10.4. The fourth-order valence-corrected chi connectivity index (χ4v) is 1.63. The molecular weight excluding hydrogens is 260 g/mol. The van der Waals surface area contributed by atoms with Gasteiger partial charge in [0.25, 0.3) is 5.91 Å². The normalized spacial score (nSPS) is 10.0. The quantitative estimate of drug-likeness (QED) is 0.778. The summed E-state index contributed by atoms with van der Waals surface area (Å²) in [5.74, 6) is -2.20. The van der Waals surface area contributed by atoms with Crippen LogP contribution < -0.4 is 5.32 Å². The highest BCUT2D eigenvalue weighted by molar-refractivity contribution is 5.96. The highest BCUT2D eigenvalue weighted by Gasteiger charge is 2.15. The maximum absolute atomic E-state index is 11.8. The van der Waals surface area contributed by atoms with Crippen molar-refractivity contribution in [1.82, 2.24) is 10.3 Å². The molecule has 0 atom stereocenters. The van der Waals surface area contributed by atoms with Gasteiger partial charge in [-0.05, 0) is 12.1 Å². The highest BCUT2D eigenvalue weighted by Crippen LogP contribution is 2.22. The monoisotopic (exact) mass is 272 g/mol. The number of amides is 1. The molecule has 6 nitrogen and oxygen atoms in total. The van der Waals surface area contributed by atoms with Gasteiger partial charge in [-0.1, -0.05) is 30.3 Å². The Hall–Kier alpha value is -2.89. The number of pyridine rings is 1. The molecule has 0 fully saturated rings. The van der Waals surface area contributed by atoms with E-state index < -0.39 is 18.4 Å². The zero-order chi connectivity index (χ0) is 14.5. The maximum Gasteiger partial charge on any atom is 0.322 e. The standard InChI is InChI=1S/C14H12N2O4/c17-11-7-6-10(9-4-2-1-3-5-9)16-13(11)14(20)15-8-12(18)19/h1-7,17H,8H2,(H,15,20)(H,18,19). The molecule has 0 aliphatic rings. The van der Waals surface area contributed by atoms with Crippen LogP contribution in [0.5, 0.6) is 5.75 Å². The van der Waals surface area contributed by atoms with Crippen molar-refractivity contribution in [2.45, 2.75) is 0 Å². The average molecular weight is 272 g/mol. The lowest BCUT2D eigenvalue weighted by Crippen LogP contribution is -2.30. The Bertz CT molecular complexity index is 641. The number of aliphatic carboxylic acids is 1. The minimum absolute atomic E-state index is 0.201. The number of rotatable bonds is 4. The largest absolute Gasteiger partial charge is 0.505 e. The van der Waals surface area contributed by atoms with Crippen molar-refractivity contribution in [1.29, 1.82) is 0 Å². The number of hydrogen-bond donors (Lipinski definition) is 3. The summed E-state index contributed by atoms with van der Waals surface area (Å²) in [6, 6.07) is 12.1. The van der Waals surface area contributed by atoms with Gasteiger partial charge in [0.1, 0.15) is 12.3 Å². The van der Waals surface area contributed by atoms with Gasteiger partial charge in [-0.15, -0.1) is 0 Å². The lowest BCUT2D eigenvalue weighted by atomic mass is 10.1. The molecule has 0 unspecified atom stereocenters. The van der Waals surface area contributed by atoms with Crippen LogP contribution in [0.3, 0.4) is 0 Å². The van der Waals surface area contributed by atoms with E-state index >= 15 is 0 Å². The molecular formula is C14H12N2O4. The number of aromatic nitrogens is 1. The van der Waals surface area contributed by atoms with Crippen molar-refractivity contribution < 1.29 is 19.8 Å². The lowest BCUT2D eigenvalue weighted by molar-refractivity contribution is -0.135. The average Bonchev–Trinajstić information content (AvgIpc) is 2.46. The van der Waals surface area contributed by atoms with Crippen LogP contribution >= 0.6 is 0 Å². The van der Waals surface area contributed by atoms with Gasteiger partial charge in [0.15, 0.2) is 5.69 Å². The number of benzene rings is 1. The topological polar surface area (TPSA) is 99.5 Å². The molecule has 1 heterocycles. The minimum Gasteiger partial charge on any atom is -0.505 e. The van der Waals surface area contributed by atoms with Gasteiger partial charge in [-0.3, -0.25) is 9.59 Å². The first-order chi connectivity index (χ1) is 9.58. The zero-order valence-corrected chi connectivity index (χ0v) is 10.4. The van der Waals surface area contributed by atoms with Crippen LogP contribution in [0.25, 0.3) is 11.3 Å². The second kappa shape index (κ2) is 5.83. The maximum atomic E-state index is 11.8. The third kappa shape index (κ3) is 3.11. The second-order valence-corrected chi connectivity index (χ2v) is 4.01. The van der Waals surface area contributed by atoms with E-state index in [1.54, 1.807) is 6.07 Å². The van der Waals surface area contributed by atoms with Gasteiger partial charge >= 0.3 is 5.97 Å². The van der Waals surface area contributed by atoms with Gasteiger partial charge < -0.3 is 15.5 Å². The fraction of sp³-hybridized carbons (Fsp3) is 0.0714. The SMILES string of the molecule is O=C(O)CNC(=O)c1nc(-c2ccccc2)ccc1O. The lowest BCUT2D eigenvalue weighted by Gasteiger charge is -2.07. The molecule has 0 spiro atoms. The van der Waals surface area contributed by atoms with Crippen LogP contribution in [-0.4, -0.2) is 33.6 Å². The molecule has 0 aliphatic heterocycles. The second-order valence-electron chi connectivity index (χ2n) is 4.01. The molecule has 1 amide bonds. The molecule has 2 aromatic rings. The van der Waals surface area contributed by atoms with Crippen LogP contribution in [0.4, 0.5) is 0 Å². The highest BCUT2D eigenvalue weighted by atomic mass is 16.4. The van der Waals surface area contributed by atoms with E-state index in [1.807, 2.05) is 30.3 Å². The molecule has 102 valence electrons. The molecule has 1 aromatic heterocycles. The summed E-state index contributed by atoms with van der Waals surface area (Å²) in [4.78, 5) is 26.2. The first-order valence-electron chi connectivity index (χ1n) is 5.83. The molecule has 0 aliphatic carbocycles. The Kier molecular flexibility index (Phi) is 3.95. The third-order valence-electron chi connectivity index (χ3n) is 2.56. The van der Waals surface area contributed by atoms with Gasteiger partial charge in [0, 0.05) is 5.56 Å². The third-order valence-corrected chi connectivity index (χ3v) is 2.56. The molecule has 0 radical (unpaired) electrons. The summed E-state index contributed by atoms with van der Waals surface area (Å²) in [5, 5.41) is 20.3. The van der Waals surface area contributed by atoms with Crippen LogP contribution in [0.2, 0.25) is 0 Å². The number of aromatic hydroxyl groups is 1. The number of hydrogen-bond acceptors (Lipinski definition) is 4. The van der Waals surface area contributed by atoms with E-state index in [4.69, 9.17) is 5.11 Å². The van der Waals surface area contributed by atoms with E-state index in [9.17, 15) is 14.7 Å². The number of carbonyl (C=O) groups excluding carboxylic acids is 1. The van der Waals surface area contributed by atoms with Gasteiger partial charge in [-0.25, -0.2) is 4.98 Å². The van der Waals surface area contributed by atoms with Crippen LogP contribution in [0.1, 0.15) is 10.5 Å². The van der Waals surface area contributed by atoms with E-state index in [0.717, 1.165) is 5.56 Å². The molecule has 0 bridgehead atoms. The van der Waals surface area contributed by atoms with Crippen LogP contribution in [0, 0.1) is 0 Å². The molecule has 3 N–H and O–H groups in total. The van der Waals surface area contributed by atoms with Gasteiger partial charge in [0.05, 0.1) is 5.69 Å². The molecule has 0 saturated carbocycles. The van der Waals surface area contributed by atoms with Crippen molar-refractivity contribution in [3.63, 3.8) is 0 Å². The summed E-state index contributed by atoms with van der Waals surface area (Å²) >= 11 is 0. The first-order valence-corrected chi connectivity index (χ1v) is 5.83. The van der Waals surface area contributed by atoms with E-state index in [0.29, 0.717) is 5.69 Å². The summed E-state index contributed by atoms with van der Waals surface area (Å²) in [6.45, 7) is -0.532. The van der Waals surface area contributed by atoms with Gasteiger partial charge in [-0.2, -0.15) is 0 Å². The number of carboxylic acids is 1. The van der Waals surface area contributed by atoms with Crippen molar-refractivity contribution in [2.75, 3.05) is 6.54 Å². The fourth-order valence-electron chi connectivity index (χ4n) is 1.63. The predicted molar refractivity (Wildman–Crippen MR) is 71.3 cm³/mol. The molecule has 0 saturated heterocycles. The summed E-state index contributed by atoms with van der Waals surface area (Å²) in [7, 11) is 0. The Labute approximate surface area is 114 Å². The first kappa shape index (κ1) is 13.5. The number of carbonyl (C=O) groups is 2. The number of nitrogens with one attached hydrogen (secondary N) is 1. The van der Waals surface area contributed by atoms with Crippen molar-refractivity contribution in [3.05, 3.63) is 48.2 Å².